The third-order valence-corrected chi connectivity index (χ3v) is 7.14. The van der Waals surface area contributed by atoms with Gasteiger partial charge in [-0.1, -0.05) is 26.0 Å². The van der Waals surface area contributed by atoms with Gasteiger partial charge in [-0.25, -0.2) is 4.39 Å². The monoisotopic (exact) mass is 573 g/mol. The van der Waals surface area contributed by atoms with E-state index < -0.39 is 23.9 Å². The molecule has 1 atom stereocenters. The van der Waals surface area contributed by atoms with Crippen molar-refractivity contribution in [1.82, 2.24) is 5.32 Å². The van der Waals surface area contributed by atoms with E-state index in [4.69, 9.17) is 9.47 Å². The van der Waals surface area contributed by atoms with Crippen molar-refractivity contribution in [1.29, 1.82) is 0 Å². The van der Waals surface area contributed by atoms with Crippen molar-refractivity contribution in [2.45, 2.75) is 58.9 Å². The number of rotatable bonds is 6. The Morgan fingerprint density at radius 2 is 1.52 bits per heavy atom. The molecule has 9 heteroatoms. The Morgan fingerprint density at radius 3 is 2.14 bits per heavy atom. The molecule has 0 spiro atoms. The summed E-state index contributed by atoms with van der Waals surface area (Å²) in [5.74, 6) is -1.89. The number of amides is 3. The number of carbonyl (C=O) groups excluding carboxylic acids is 3. The third-order valence-electron chi connectivity index (χ3n) is 7.14. The van der Waals surface area contributed by atoms with Gasteiger partial charge in [0.15, 0.2) is 6.29 Å². The molecule has 220 valence electrons. The number of anilines is 2. The number of benzene rings is 3. The van der Waals surface area contributed by atoms with Gasteiger partial charge in [-0.05, 0) is 86.5 Å². The van der Waals surface area contributed by atoms with Crippen LogP contribution in [0.2, 0.25) is 0 Å². The van der Waals surface area contributed by atoms with Gasteiger partial charge in [-0.3, -0.25) is 14.4 Å². The predicted molar refractivity (Wildman–Crippen MR) is 158 cm³/mol. The second kappa shape index (κ2) is 11.3. The van der Waals surface area contributed by atoms with Crippen molar-refractivity contribution < 1.29 is 28.2 Å². The molecule has 3 aromatic carbocycles. The van der Waals surface area contributed by atoms with Gasteiger partial charge in [-0.2, -0.15) is 0 Å². The van der Waals surface area contributed by atoms with Gasteiger partial charge in [0.2, 0.25) is 5.91 Å². The number of nitrogens with zero attached hydrogens (tertiary/aromatic N) is 1. The zero-order valence-corrected chi connectivity index (χ0v) is 24.5. The molecule has 1 saturated heterocycles. The highest BCUT2D eigenvalue weighted by molar-refractivity contribution is 6.07. The fourth-order valence-corrected chi connectivity index (χ4v) is 5.03. The van der Waals surface area contributed by atoms with Crippen molar-refractivity contribution in [3.63, 3.8) is 0 Å². The van der Waals surface area contributed by atoms with E-state index in [1.165, 1.54) is 24.3 Å². The van der Waals surface area contributed by atoms with Crippen LogP contribution in [-0.4, -0.2) is 42.8 Å². The highest BCUT2D eigenvalue weighted by Crippen LogP contribution is 2.44. The largest absolute Gasteiger partial charge is 0.351 e. The Bertz CT molecular complexity index is 1490. The minimum absolute atomic E-state index is 0.165. The lowest BCUT2D eigenvalue weighted by Crippen LogP contribution is -2.43. The molecule has 2 aliphatic rings. The van der Waals surface area contributed by atoms with Gasteiger partial charge < -0.3 is 25.0 Å². The maximum atomic E-state index is 13.9. The lowest BCUT2D eigenvalue weighted by atomic mass is 9.93. The van der Waals surface area contributed by atoms with E-state index in [0.29, 0.717) is 41.3 Å². The lowest BCUT2D eigenvalue weighted by Gasteiger charge is -2.36. The third kappa shape index (κ3) is 6.53. The van der Waals surface area contributed by atoms with E-state index in [2.05, 4.69) is 10.6 Å². The topological polar surface area (TPSA) is 97.0 Å². The standard InChI is InChI=1S/C33H36FN3O5/c1-32(2,3)36-29(39)22-8-6-20(7-9-22)17-37-26-15-14-24(35-28(38)21-10-12-23(34)13-11-21)16-25(26)27(30(37)40)31-41-18-33(4,5)19-42-31/h6-16,27,31H,17-19H2,1-5H3,(H,35,38)(H,36,39). The van der Waals surface area contributed by atoms with Gasteiger partial charge in [0.25, 0.3) is 11.8 Å². The lowest BCUT2D eigenvalue weighted by molar-refractivity contribution is -0.229. The first-order valence-electron chi connectivity index (χ1n) is 14.0. The van der Waals surface area contributed by atoms with Crippen LogP contribution in [0, 0.1) is 11.2 Å². The average molecular weight is 574 g/mol. The predicted octanol–water partition coefficient (Wildman–Crippen LogP) is 5.64. The smallest absolute Gasteiger partial charge is 0.255 e. The Kier molecular flexibility index (Phi) is 7.92. The van der Waals surface area contributed by atoms with E-state index in [9.17, 15) is 18.8 Å². The molecule has 2 heterocycles. The minimum Gasteiger partial charge on any atom is -0.351 e. The van der Waals surface area contributed by atoms with Crippen molar-refractivity contribution in [3.05, 3.63) is 94.8 Å². The molecule has 5 rings (SSSR count). The molecule has 1 unspecified atom stereocenters. The van der Waals surface area contributed by atoms with E-state index >= 15 is 0 Å². The van der Waals surface area contributed by atoms with Crippen LogP contribution in [0.3, 0.4) is 0 Å². The Morgan fingerprint density at radius 1 is 0.929 bits per heavy atom. The maximum Gasteiger partial charge on any atom is 0.255 e. The second-order valence-electron chi connectivity index (χ2n) is 12.7. The van der Waals surface area contributed by atoms with Crippen LogP contribution in [-0.2, 0) is 20.8 Å². The molecule has 2 aliphatic heterocycles. The van der Waals surface area contributed by atoms with Gasteiger partial charge in [0.1, 0.15) is 11.7 Å². The summed E-state index contributed by atoms with van der Waals surface area (Å²) in [6, 6.07) is 17.8. The van der Waals surface area contributed by atoms with E-state index in [1.54, 1.807) is 35.2 Å². The van der Waals surface area contributed by atoms with Crippen LogP contribution in [0.5, 0.6) is 0 Å². The highest BCUT2D eigenvalue weighted by Gasteiger charge is 2.46. The first-order valence-corrected chi connectivity index (χ1v) is 14.0. The molecule has 1 fully saturated rings. The normalized spacial score (nSPS) is 18.5. The van der Waals surface area contributed by atoms with Gasteiger partial charge >= 0.3 is 0 Å². The highest BCUT2D eigenvalue weighted by atomic mass is 19.1. The molecule has 0 aliphatic carbocycles. The number of nitrogens with one attached hydrogen (secondary N) is 2. The van der Waals surface area contributed by atoms with E-state index in [0.717, 1.165) is 5.56 Å². The molecular weight excluding hydrogens is 537 g/mol. The second-order valence-corrected chi connectivity index (χ2v) is 12.7. The van der Waals surface area contributed by atoms with Crippen LogP contribution < -0.4 is 15.5 Å². The van der Waals surface area contributed by atoms with Gasteiger partial charge in [0, 0.05) is 33.5 Å². The van der Waals surface area contributed by atoms with Crippen molar-refractivity contribution in [2.75, 3.05) is 23.4 Å². The zero-order chi connectivity index (χ0) is 30.2. The van der Waals surface area contributed by atoms with Gasteiger partial charge in [-0.15, -0.1) is 0 Å². The number of ether oxygens (including phenoxy) is 2. The fraction of sp³-hybridized carbons (Fsp3) is 0.364. The summed E-state index contributed by atoms with van der Waals surface area (Å²) >= 11 is 0. The quantitative estimate of drug-likeness (QED) is 0.398. The summed E-state index contributed by atoms with van der Waals surface area (Å²) in [6.07, 6.45) is -0.777. The molecule has 0 saturated carbocycles. The summed E-state index contributed by atoms with van der Waals surface area (Å²) in [5.41, 5.74) is 3.04. The van der Waals surface area contributed by atoms with Crippen molar-refractivity contribution in [2.24, 2.45) is 5.41 Å². The van der Waals surface area contributed by atoms with E-state index in [-0.39, 0.29) is 29.3 Å². The summed E-state index contributed by atoms with van der Waals surface area (Å²) in [7, 11) is 0. The van der Waals surface area contributed by atoms with Crippen LogP contribution in [0.15, 0.2) is 66.7 Å². The molecule has 8 nitrogen and oxygen atoms in total. The Hall–Kier alpha value is -4.08. The summed E-state index contributed by atoms with van der Waals surface area (Å²) < 4.78 is 25.4. The first-order chi connectivity index (χ1) is 19.8. The first kappa shape index (κ1) is 29.4. The number of halogens is 1. The van der Waals surface area contributed by atoms with Gasteiger partial charge in [0.05, 0.1) is 19.8 Å². The average Bonchev–Trinajstić information content (AvgIpc) is 3.19. The molecule has 42 heavy (non-hydrogen) atoms. The number of hydrogen-bond acceptors (Lipinski definition) is 5. The van der Waals surface area contributed by atoms with Crippen LogP contribution >= 0.6 is 0 Å². The Balaban J connectivity index is 1.41. The summed E-state index contributed by atoms with van der Waals surface area (Å²) in [6.45, 7) is 11.0. The molecule has 3 aromatic rings. The van der Waals surface area contributed by atoms with Crippen LogP contribution in [0.4, 0.5) is 15.8 Å². The molecule has 0 aromatic heterocycles. The molecule has 0 bridgehead atoms. The number of hydrogen-bond donors (Lipinski definition) is 2. The molecule has 0 radical (unpaired) electrons. The van der Waals surface area contributed by atoms with Crippen LogP contribution in [0.25, 0.3) is 0 Å². The summed E-state index contributed by atoms with van der Waals surface area (Å²) in [5, 5.41) is 5.80. The minimum atomic E-state index is -0.777. The number of fused-ring (bicyclic) bond motifs is 1. The zero-order valence-electron chi connectivity index (χ0n) is 24.5. The van der Waals surface area contributed by atoms with Crippen LogP contribution in [0.1, 0.15) is 72.4 Å². The van der Waals surface area contributed by atoms with E-state index in [1.807, 2.05) is 46.8 Å². The number of carbonyl (C=O) groups is 3. The summed E-state index contributed by atoms with van der Waals surface area (Å²) in [4.78, 5) is 41.0. The van der Waals surface area contributed by atoms with Crippen molar-refractivity contribution >= 4 is 29.1 Å². The molecule has 2 N–H and O–H groups in total. The fourth-order valence-electron chi connectivity index (χ4n) is 5.03. The maximum absolute atomic E-state index is 13.9. The molecular formula is C33H36FN3O5. The Labute approximate surface area is 245 Å². The van der Waals surface area contributed by atoms with Crippen molar-refractivity contribution in [3.8, 4) is 0 Å². The molecule has 3 amide bonds. The SMILES string of the molecule is CC1(C)COC(C2C(=O)N(Cc3ccc(C(=O)NC(C)(C)C)cc3)c3ccc(NC(=O)c4ccc(F)cc4)cc32)OC1.